The van der Waals surface area contributed by atoms with Crippen LogP contribution in [0.15, 0.2) is 11.1 Å². The molecule has 1 aromatic heterocycles. The molecule has 0 bridgehead atoms. The zero-order chi connectivity index (χ0) is 20.4. The third kappa shape index (κ3) is 7.80. The van der Waals surface area contributed by atoms with Gasteiger partial charge in [0.15, 0.2) is 5.96 Å². The monoisotopic (exact) mass is 391 g/mol. The van der Waals surface area contributed by atoms with Crippen molar-refractivity contribution in [3.8, 4) is 0 Å². The van der Waals surface area contributed by atoms with Gasteiger partial charge in [-0.15, -0.1) is 0 Å². The molecule has 2 heterocycles. The van der Waals surface area contributed by atoms with E-state index in [1.807, 2.05) is 6.92 Å². The zero-order valence-electron chi connectivity index (χ0n) is 18.7. The van der Waals surface area contributed by atoms with Crippen LogP contribution < -0.4 is 10.6 Å². The van der Waals surface area contributed by atoms with Gasteiger partial charge in [0.25, 0.3) is 0 Å². The molecule has 7 heteroatoms. The molecule has 0 aromatic carbocycles. The van der Waals surface area contributed by atoms with E-state index in [9.17, 15) is 0 Å². The molecule has 1 aliphatic heterocycles. The Morgan fingerprint density at radius 2 is 1.86 bits per heavy atom. The standard InChI is InChI=1S/C21H41N7/c1-6-22-21(23-9-8-10-28-20(5)15-19(4)25-28)24-16-18(3)17-27-13-11-26(7-2)12-14-27/h15,18H,6-14,16-17H2,1-5H3,(H2,22,23,24). The fourth-order valence-electron chi connectivity index (χ4n) is 3.71. The van der Waals surface area contributed by atoms with Gasteiger partial charge in [0.05, 0.1) is 5.69 Å². The molecule has 2 rings (SSSR count). The van der Waals surface area contributed by atoms with Crippen molar-refractivity contribution in [3.63, 3.8) is 0 Å². The summed E-state index contributed by atoms with van der Waals surface area (Å²) in [6.07, 6.45) is 1.03. The number of nitrogens with zero attached hydrogens (tertiary/aromatic N) is 5. The minimum Gasteiger partial charge on any atom is -0.357 e. The maximum Gasteiger partial charge on any atom is 0.191 e. The lowest BCUT2D eigenvalue weighted by Gasteiger charge is -2.35. The van der Waals surface area contributed by atoms with Gasteiger partial charge in [0, 0.05) is 64.6 Å². The molecule has 1 atom stereocenters. The van der Waals surface area contributed by atoms with Gasteiger partial charge in [-0.1, -0.05) is 13.8 Å². The number of guanidine groups is 1. The van der Waals surface area contributed by atoms with E-state index in [2.05, 4.69) is 64.0 Å². The molecule has 0 saturated carbocycles. The summed E-state index contributed by atoms with van der Waals surface area (Å²) in [6, 6.07) is 2.13. The van der Waals surface area contributed by atoms with Gasteiger partial charge in [-0.05, 0) is 45.7 Å². The lowest BCUT2D eigenvalue weighted by molar-refractivity contribution is 0.125. The first-order chi connectivity index (χ1) is 13.5. The number of hydrogen-bond donors (Lipinski definition) is 2. The molecule has 0 aliphatic carbocycles. The third-order valence-corrected chi connectivity index (χ3v) is 5.33. The maximum atomic E-state index is 4.81. The predicted octanol–water partition coefficient (Wildman–Crippen LogP) is 1.72. The Morgan fingerprint density at radius 1 is 1.14 bits per heavy atom. The second-order valence-corrected chi connectivity index (χ2v) is 7.99. The molecule has 1 aliphatic rings. The Bertz CT molecular complexity index is 588. The Kier molecular flexibility index (Phi) is 9.78. The molecular formula is C21H41N7. The number of rotatable bonds is 10. The maximum absolute atomic E-state index is 4.81. The van der Waals surface area contributed by atoms with Crippen molar-refractivity contribution in [1.29, 1.82) is 0 Å². The normalized spacial score (nSPS) is 17.7. The molecular weight excluding hydrogens is 350 g/mol. The average Bonchev–Trinajstić information content (AvgIpc) is 3.00. The molecule has 1 saturated heterocycles. The number of nitrogens with one attached hydrogen (secondary N) is 2. The van der Waals surface area contributed by atoms with E-state index in [0.717, 1.165) is 50.8 Å². The van der Waals surface area contributed by atoms with E-state index >= 15 is 0 Å². The van der Waals surface area contributed by atoms with Crippen LogP contribution in [0.1, 0.15) is 38.6 Å². The average molecular weight is 392 g/mol. The Labute approximate surface area is 171 Å². The highest BCUT2D eigenvalue weighted by Crippen LogP contribution is 2.06. The number of aromatic nitrogens is 2. The SMILES string of the molecule is CCNC(=NCC(C)CN1CCN(CC)CC1)NCCCn1nc(C)cc1C. The molecule has 1 aromatic rings. The Morgan fingerprint density at radius 3 is 2.46 bits per heavy atom. The predicted molar refractivity (Wildman–Crippen MR) is 118 cm³/mol. The number of likely N-dealkylation sites (N-methyl/N-ethyl adjacent to an activating group) is 1. The summed E-state index contributed by atoms with van der Waals surface area (Å²) in [5.74, 6) is 1.50. The molecule has 0 radical (unpaired) electrons. The van der Waals surface area contributed by atoms with Crippen LogP contribution in [0, 0.1) is 19.8 Å². The van der Waals surface area contributed by atoms with Crippen LogP contribution >= 0.6 is 0 Å². The molecule has 1 fully saturated rings. The number of hydrogen-bond acceptors (Lipinski definition) is 4. The van der Waals surface area contributed by atoms with E-state index in [1.165, 1.54) is 38.4 Å². The van der Waals surface area contributed by atoms with Gasteiger partial charge in [-0.2, -0.15) is 5.10 Å². The van der Waals surface area contributed by atoms with Crippen molar-refractivity contribution in [2.45, 2.75) is 47.6 Å². The lowest BCUT2D eigenvalue weighted by Crippen LogP contribution is -2.47. The van der Waals surface area contributed by atoms with Crippen molar-refractivity contribution in [1.82, 2.24) is 30.2 Å². The minimum absolute atomic E-state index is 0.568. The molecule has 7 nitrogen and oxygen atoms in total. The third-order valence-electron chi connectivity index (χ3n) is 5.33. The van der Waals surface area contributed by atoms with Crippen LogP contribution in [-0.4, -0.2) is 84.4 Å². The Hall–Kier alpha value is -1.60. The van der Waals surface area contributed by atoms with E-state index in [4.69, 9.17) is 4.99 Å². The van der Waals surface area contributed by atoms with Gasteiger partial charge >= 0.3 is 0 Å². The number of aryl methyl sites for hydroxylation is 3. The second-order valence-electron chi connectivity index (χ2n) is 7.99. The molecule has 0 spiro atoms. The fourth-order valence-corrected chi connectivity index (χ4v) is 3.71. The molecule has 28 heavy (non-hydrogen) atoms. The zero-order valence-corrected chi connectivity index (χ0v) is 18.7. The summed E-state index contributed by atoms with van der Waals surface area (Å²) in [5.41, 5.74) is 2.32. The largest absolute Gasteiger partial charge is 0.357 e. The van der Waals surface area contributed by atoms with E-state index in [1.54, 1.807) is 0 Å². The van der Waals surface area contributed by atoms with Gasteiger partial charge in [-0.3, -0.25) is 9.67 Å². The van der Waals surface area contributed by atoms with Crippen LogP contribution in [0.25, 0.3) is 0 Å². The highest BCUT2D eigenvalue weighted by molar-refractivity contribution is 5.79. The molecule has 160 valence electrons. The van der Waals surface area contributed by atoms with Gasteiger partial charge in [0.2, 0.25) is 0 Å². The summed E-state index contributed by atoms with van der Waals surface area (Å²) in [4.78, 5) is 9.92. The quantitative estimate of drug-likeness (QED) is 0.361. The van der Waals surface area contributed by atoms with Crippen LogP contribution in [0.4, 0.5) is 0 Å². The van der Waals surface area contributed by atoms with Crippen molar-refractivity contribution in [2.24, 2.45) is 10.9 Å². The van der Waals surface area contributed by atoms with E-state index < -0.39 is 0 Å². The van der Waals surface area contributed by atoms with Gasteiger partial charge < -0.3 is 20.4 Å². The van der Waals surface area contributed by atoms with Gasteiger partial charge in [-0.25, -0.2) is 0 Å². The summed E-state index contributed by atoms with van der Waals surface area (Å²) >= 11 is 0. The Balaban J connectivity index is 1.69. The summed E-state index contributed by atoms with van der Waals surface area (Å²) in [6.45, 7) is 21.5. The van der Waals surface area contributed by atoms with Crippen molar-refractivity contribution in [2.75, 3.05) is 58.9 Å². The number of aliphatic imine (C=N–C) groups is 1. The second kappa shape index (κ2) is 12.1. The smallest absolute Gasteiger partial charge is 0.191 e. The minimum atomic E-state index is 0.568. The highest BCUT2D eigenvalue weighted by Gasteiger charge is 2.17. The molecule has 2 N–H and O–H groups in total. The van der Waals surface area contributed by atoms with Crippen LogP contribution in [0.3, 0.4) is 0 Å². The summed E-state index contributed by atoms with van der Waals surface area (Å²) in [5, 5.41) is 11.4. The van der Waals surface area contributed by atoms with Crippen molar-refractivity contribution >= 4 is 5.96 Å². The lowest BCUT2D eigenvalue weighted by atomic mass is 10.1. The van der Waals surface area contributed by atoms with Crippen LogP contribution in [0.2, 0.25) is 0 Å². The highest BCUT2D eigenvalue weighted by atomic mass is 15.3. The van der Waals surface area contributed by atoms with Crippen LogP contribution in [-0.2, 0) is 6.54 Å². The first kappa shape index (κ1) is 22.7. The number of piperazine rings is 1. The van der Waals surface area contributed by atoms with Gasteiger partial charge in [0.1, 0.15) is 0 Å². The van der Waals surface area contributed by atoms with Crippen LogP contribution in [0.5, 0.6) is 0 Å². The van der Waals surface area contributed by atoms with Crippen molar-refractivity contribution < 1.29 is 0 Å². The first-order valence-electron chi connectivity index (χ1n) is 11.0. The molecule has 0 amide bonds. The fraction of sp³-hybridized carbons (Fsp3) is 0.810. The van der Waals surface area contributed by atoms with Crippen molar-refractivity contribution in [3.05, 3.63) is 17.5 Å². The topological polar surface area (TPSA) is 60.7 Å². The summed E-state index contributed by atoms with van der Waals surface area (Å²) in [7, 11) is 0. The molecule has 1 unspecified atom stereocenters. The summed E-state index contributed by atoms with van der Waals surface area (Å²) < 4.78 is 2.08. The van der Waals surface area contributed by atoms with E-state index in [-0.39, 0.29) is 0 Å². The van der Waals surface area contributed by atoms with E-state index in [0.29, 0.717) is 5.92 Å². The first-order valence-corrected chi connectivity index (χ1v) is 11.0.